The van der Waals surface area contributed by atoms with E-state index < -0.39 is 5.41 Å². The Morgan fingerprint density at radius 1 is 0.979 bits per heavy atom. The third-order valence-corrected chi connectivity index (χ3v) is 15.7. The van der Waals surface area contributed by atoms with E-state index in [0.29, 0.717) is 35.8 Å². The van der Waals surface area contributed by atoms with Crippen LogP contribution in [0.15, 0.2) is 46.5 Å². The maximum Gasteiger partial charge on any atom is 0.226 e. The summed E-state index contributed by atoms with van der Waals surface area (Å²) in [5.74, 6) is 3.11. The second-order valence-electron chi connectivity index (χ2n) is 18.2. The molecule has 5 aliphatic rings. The molecular weight excluding hydrogens is 584 g/mol. The quantitative estimate of drug-likeness (QED) is 0.318. The Hall–Kier alpha value is -2.60. The van der Waals surface area contributed by atoms with Gasteiger partial charge in [-0.15, -0.1) is 0 Å². The zero-order chi connectivity index (χ0) is 33.6. The number of para-hydroxylation sites is 1. The minimum absolute atomic E-state index is 0.0371. The van der Waals surface area contributed by atoms with Crippen molar-refractivity contribution in [3.8, 4) is 17.0 Å². The van der Waals surface area contributed by atoms with Crippen molar-refractivity contribution in [1.82, 2.24) is 10.5 Å². The first-order chi connectivity index (χ1) is 22.1. The summed E-state index contributed by atoms with van der Waals surface area (Å²) in [6, 6.07) is 9.67. The fourth-order valence-electron chi connectivity index (χ4n) is 12.3. The summed E-state index contributed by atoms with van der Waals surface area (Å²) in [5, 5.41) is 18.6. The predicted molar refractivity (Wildman–Crippen MR) is 185 cm³/mol. The molecule has 4 fully saturated rings. The lowest BCUT2D eigenvalue weighted by Gasteiger charge is -2.71. The van der Waals surface area contributed by atoms with Gasteiger partial charge in [0.2, 0.25) is 5.91 Å². The smallest absolute Gasteiger partial charge is 0.226 e. The number of nitrogens with one attached hydrogen (secondary N) is 1. The Morgan fingerprint density at radius 3 is 2.49 bits per heavy atom. The molecule has 0 aliphatic heterocycles. The highest BCUT2D eigenvalue weighted by molar-refractivity contribution is 5.82. The van der Waals surface area contributed by atoms with Crippen LogP contribution in [0, 0.1) is 50.2 Å². The number of aliphatic hydroxyl groups is 1. The van der Waals surface area contributed by atoms with Gasteiger partial charge in [0.15, 0.2) is 5.76 Å². The highest BCUT2D eigenvalue weighted by atomic mass is 16.5. The molecule has 1 amide bonds. The Bertz CT molecular complexity index is 1580. The van der Waals surface area contributed by atoms with Crippen LogP contribution in [0.2, 0.25) is 0 Å². The maximum absolute atomic E-state index is 14.0. The van der Waals surface area contributed by atoms with Crippen LogP contribution in [0.4, 0.5) is 0 Å². The Kier molecular flexibility index (Phi) is 7.67. The first-order valence-corrected chi connectivity index (χ1v) is 18.4. The normalized spacial score (nSPS) is 42.2. The number of hydrogen-bond donors (Lipinski definition) is 2. The first kappa shape index (κ1) is 32.9. The molecule has 9 atom stereocenters. The SMILES string of the molecule is COc1ccccc1-c1cc(CNC(=O)[C@@]2(C)CC[C@]3(C)CC[C@]4(C)C(=CC[C@@H]5[C@@]6(C)CC[C@H](O)C(C)(C)C6CC[C@]54C)[C@H]3C2)on1. The molecule has 1 aromatic heterocycles. The van der Waals surface area contributed by atoms with Gasteiger partial charge in [-0.25, -0.2) is 0 Å². The van der Waals surface area contributed by atoms with Gasteiger partial charge < -0.3 is 19.7 Å². The van der Waals surface area contributed by atoms with E-state index in [2.05, 4.69) is 65.0 Å². The second-order valence-corrected chi connectivity index (χ2v) is 18.2. The number of aliphatic hydroxyl groups excluding tert-OH is 1. The number of amides is 1. The van der Waals surface area contributed by atoms with Gasteiger partial charge in [0, 0.05) is 17.0 Å². The molecule has 47 heavy (non-hydrogen) atoms. The van der Waals surface area contributed by atoms with Crippen molar-refractivity contribution < 1.29 is 19.2 Å². The summed E-state index contributed by atoms with van der Waals surface area (Å²) in [6.45, 7) is 17.5. The van der Waals surface area contributed by atoms with E-state index in [0.717, 1.165) is 49.8 Å². The van der Waals surface area contributed by atoms with Crippen LogP contribution in [0.25, 0.3) is 11.3 Å². The Labute approximate surface area is 282 Å². The number of aromatic nitrogens is 1. The van der Waals surface area contributed by atoms with Crippen molar-refractivity contribution in [3.63, 3.8) is 0 Å². The van der Waals surface area contributed by atoms with Crippen molar-refractivity contribution >= 4 is 5.91 Å². The number of methoxy groups -OCH3 is 1. The number of carbonyl (C=O) groups excluding carboxylic acids is 1. The molecule has 2 N–H and O–H groups in total. The first-order valence-electron chi connectivity index (χ1n) is 18.4. The average molecular weight is 643 g/mol. The number of carbonyl (C=O) groups is 1. The van der Waals surface area contributed by atoms with Crippen molar-refractivity contribution in [1.29, 1.82) is 0 Å². The summed E-state index contributed by atoms with van der Waals surface area (Å²) < 4.78 is 11.2. The summed E-state index contributed by atoms with van der Waals surface area (Å²) in [6.07, 6.45) is 13.5. The third kappa shape index (κ3) is 4.73. The van der Waals surface area contributed by atoms with Crippen LogP contribution in [0.5, 0.6) is 5.75 Å². The number of rotatable bonds is 5. The van der Waals surface area contributed by atoms with Crippen molar-refractivity contribution in [3.05, 3.63) is 47.7 Å². The van der Waals surface area contributed by atoms with Crippen LogP contribution >= 0.6 is 0 Å². The monoisotopic (exact) mass is 642 g/mol. The molecule has 2 aromatic rings. The molecule has 7 rings (SSSR count). The van der Waals surface area contributed by atoms with Gasteiger partial charge in [-0.2, -0.15) is 0 Å². The zero-order valence-corrected chi connectivity index (χ0v) is 30.2. The highest BCUT2D eigenvalue weighted by Gasteiger charge is 2.68. The van der Waals surface area contributed by atoms with Gasteiger partial charge in [-0.1, -0.05) is 77.4 Å². The largest absolute Gasteiger partial charge is 0.496 e. The number of nitrogens with zero attached hydrogens (tertiary/aromatic N) is 1. The molecule has 1 heterocycles. The second kappa shape index (κ2) is 11.0. The number of allylic oxidation sites excluding steroid dienone is 2. The molecule has 1 aromatic carbocycles. The Morgan fingerprint density at radius 2 is 1.72 bits per heavy atom. The lowest BCUT2D eigenvalue weighted by molar-refractivity contribution is -0.203. The lowest BCUT2D eigenvalue weighted by atomic mass is 9.33. The van der Waals surface area contributed by atoms with Gasteiger partial charge in [-0.3, -0.25) is 4.79 Å². The molecule has 0 saturated heterocycles. The number of fused-ring (bicyclic) bond motifs is 7. The summed E-state index contributed by atoms with van der Waals surface area (Å²) in [4.78, 5) is 14.0. The predicted octanol–water partition coefficient (Wildman–Crippen LogP) is 9.13. The van der Waals surface area contributed by atoms with Gasteiger partial charge >= 0.3 is 0 Å². The van der Waals surface area contributed by atoms with Gasteiger partial charge in [0.1, 0.15) is 11.4 Å². The van der Waals surface area contributed by atoms with Crippen LogP contribution in [-0.4, -0.2) is 29.4 Å². The highest BCUT2D eigenvalue weighted by Crippen LogP contribution is 2.75. The van der Waals surface area contributed by atoms with E-state index in [9.17, 15) is 9.90 Å². The van der Waals surface area contributed by atoms with E-state index in [1.807, 2.05) is 30.3 Å². The van der Waals surface area contributed by atoms with Crippen molar-refractivity contribution in [2.75, 3.05) is 7.11 Å². The van der Waals surface area contributed by atoms with Crippen LogP contribution in [-0.2, 0) is 11.3 Å². The minimum atomic E-state index is -0.431. The topological polar surface area (TPSA) is 84.6 Å². The molecular formula is C41H58N2O4. The molecule has 0 spiro atoms. The fraction of sp³-hybridized carbons (Fsp3) is 0.707. The van der Waals surface area contributed by atoms with Gasteiger partial charge in [0.05, 0.1) is 19.8 Å². The van der Waals surface area contributed by atoms with Crippen LogP contribution < -0.4 is 10.1 Å². The van der Waals surface area contributed by atoms with Crippen molar-refractivity contribution in [2.24, 2.45) is 50.2 Å². The number of benzene rings is 1. The van der Waals surface area contributed by atoms with E-state index >= 15 is 0 Å². The summed E-state index contributed by atoms with van der Waals surface area (Å²) in [7, 11) is 1.65. The molecule has 0 radical (unpaired) electrons. The number of hydrogen-bond acceptors (Lipinski definition) is 5. The molecule has 5 aliphatic carbocycles. The number of ether oxygens (including phenoxy) is 1. The zero-order valence-electron chi connectivity index (χ0n) is 30.2. The van der Waals surface area contributed by atoms with Gasteiger partial charge in [0.25, 0.3) is 0 Å². The van der Waals surface area contributed by atoms with E-state index in [4.69, 9.17) is 9.26 Å². The fourth-order valence-corrected chi connectivity index (χ4v) is 12.3. The lowest BCUT2D eigenvalue weighted by Crippen LogP contribution is -2.64. The van der Waals surface area contributed by atoms with E-state index in [-0.39, 0.29) is 39.1 Å². The van der Waals surface area contributed by atoms with E-state index in [1.165, 1.54) is 25.7 Å². The molecule has 1 unspecified atom stereocenters. The third-order valence-electron chi connectivity index (χ3n) is 15.7. The summed E-state index contributed by atoms with van der Waals surface area (Å²) >= 11 is 0. The van der Waals surface area contributed by atoms with Crippen molar-refractivity contribution in [2.45, 2.75) is 125 Å². The molecule has 4 saturated carbocycles. The minimum Gasteiger partial charge on any atom is -0.496 e. The van der Waals surface area contributed by atoms with Crippen LogP contribution in [0.3, 0.4) is 0 Å². The standard InChI is InChI=1S/C41H58N2O4/c1-36(2)32-15-18-41(7)33(39(32,5)17-16-34(36)44)14-13-28-29-24-38(4,20-19-37(29,3)21-22-40(28,41)6)35(45)42-25-26-23-30(43-47-26)27-11-9-10-12-31(27)46-8/h9-13,23,29,32-34,44H,14-22,24-25H2,1-8H3,(H,42,45)/t29-,32?,33-,34+,37-,38+,39+,40-,41-/m1/s1. The summed E-state index contributed by atoms with van der Waals surface area (Å²) in [5.41, 5.74) is 3.62. The Balaban J connectivity index is 1.11. The molecule has 256 valence electrons. The average Bonchev–Trinajstić information content (AvgIpc) is 3.52. The van der Waals surface area contributed by atoms with Crippen LogP contribution in [0.1, 0.15) is 118 Å². The maximum atomic E-state index is 14.0. The van der Waals surface area contributed by atoms with E-state index in [1.54, 1.807) is 12.7 Å². The molecule has 6 heteroatoms. The molecule has 6 nitrogen and oxygen atoms in total. The molecule has 0 bridgehead atoms. The van der Waals surface area contributed by atoms with Gasteiger partial charge in [-0.05, 0) is 121 Å².